The van der Waals surface area contributed by atoms with Crippen LogP contribution in [0.25, 0.3) is 0 Å². The van der Waals surface area contributed by atoms with Crippen molar-refractivity contribution in [3.8, 4) is 0 Å². The number of methoxy groups -OCH3 is 1. The van der Waals surface area contributed by atoms with Crippen molar-refractivity contribution in [1.29, 1.82) is 0 Å². The molecule has 2 rings (SSSR count). The van der Waals surface area contributed by atoms with Crippen LogP contribution in [0.1, 0.15) is 13.8 Å². The van der Waals surface area contributed by atoms with Gasteiger partial charge in [-0.15, -0.1) is 0 Å². The monoisotopic (exact) mass is 234 g/mol. The second kappa shape index (κ2) is 3.16. The van der Waals surface area contributed by atoms with Crippen LogP contribution in [0.15, 0.2) is 0 Å². The summed E-state index contributed by atoms with van der Waals surface area (Å²) in [6, 6.07) is 0. The van der Waals surface area contributed by atoms with Crippen LogP contribution in [0.2, 0.25) is 0 Å². The van der Waals surface area contributed by atoms with Gasteiger partial charge in [0.15, 0.2) is 6.29 Å². The minimum Gasteiger partial charge on any atom is -0.387 e. The van der Waals surface area contributed by atoms with Gasteiger partial charge in [-0.05, 0) is 0 Å². The predicted molar refractivity (Wildman–Crippen MR) is 52.4 cm³/mol. The van der Waals surface area contributed by atoms with Gasteiger partial charge in [-0.25, -0.2) is 0 Å². The molecule has 0 aromatic carbocycles. The fourth-order valence-electron chi connectivity index (χ4n) is 2.76. The maximum Gasteiger partial charge on any atom is 0.185 e. The summed E-state index contributed by atoms with van der Waals surface area (Å²) in [5.41, 5.74) is -4.26. The van der Waals surface area contributed by atoms with E-state index in [0.717, 1.165) is 0 Å². The molecule has 0 aromatic heterocycles. The summed E-state index contributed by atoms with van der Waals surface area (Å²) in [7, 11) is 1.32. The third-order valence-electron chi connectivity index (χ3n) is 4.27. The molecule has 0 unspecified atom stereocenters. The Labute approximate surface area is 93.4 Å². The van der Waals surface area contributed by atoms with E-state index in [9.17, 15) is 20.4 Å². The highest BCUT2D eigenvalue weighted by Crippen LogP contribution is 2.67. The highest BCUT2D eigenvalue weighted by atomic mass is 16.7. The third-order valence-corrected chi connectivity index (χ3v) is 4.27. The van der Waals surface area contributed by atoms with Crippen molar-refractivity contribution in [1.82, 2.24) is 0 Å². The fraction of sp³-hybridized carbons (Fsp3) is 1.00. The van der Waals surface area contributed by atoms with E-state index in [2.05, 4.69) is 0 Å². The van der Waals surface area contributed by atoms with E-state index >= 15 is 0 Å². The Hall–Kier alpha value is -0.240. The van der Waals surface area contributed by atoms with E-state index in [0.29, 0.717) is 0 Å². The first-order valence-electron chi connectivity index (χ1n) is 5.19. The summed E-state index contributed by atoms with van der Waals surface area (Å²) in [6.45, 7) is 3.03. The third kappa shape index (κ3) is 1.02. The van der Waals surface area contributed by atoms with Crippen molar-refractivity contribution < 1.29 is 29.9 Å². The average Bonchev–Trinajstić information content (AvgIpc) is 2.61. The Morgan fingerprint density at radius 2 is 1.81 bits per heavy atom. The van der Waals surface area contributed by atoms with Crippen molar-refractivity contribution >= 4 is 0 Å². The van der Waals surface area contributed by atoms with Gasteiger partial charge < -0.3 is 29.9 Å². The maximum absolute atomic E-state index is 10.3. The summed E-state index contributed by atoms with van der Waals surface area (Å²) < 4.78 is 9.98. The summed E-state index contributed by atoms with van der Waals surface area (Å²) in [5, 5.41) is 40.2. The largest absolute Gasteiger partial charge is 0.387 e. The molecule has 0 radical (unpaired) electrons. The van der Waals surface area contributed by atoms with Gasteiger partial charge in [0.2, 0.25) is 0 Å². The van der Waals surface area contributed by atoms with E-state index in [1.165, 1.54) is 7.11 Å². The van der Waals surface area contributed by atoms with Gasteiger partial charge in [0, 0.05) is 12.5 Å². The summed E-state index contributed by atoms with van der Waals surface area (Å²) in [6.07, 6.45) is -3.96. The first-order chi connectivity index (χ1) is 7.24. The maximum atomic E-state index is 10.3. The molecule has 2 fully saturated rings. The lowest BCUT2D eigenvalue weighted by Gasteiger charge is -2.27. The number of ether oxygens (including phenoxy) is 2. The van der Waals surface area contributed by atoms with Crippen LogP contribution < -0.4 is 0 Å². The molecule has 5 atom stereocenters. The summed E-state index contributed by atoms with van der Waals surface area (Å²) in [4.78, 5) is 0. The van der Waals surface area contributed by atoms with Crippen LogP contribution in [-0.2, 0) is 9.47 Å². The topological polar surface area (TPSA) is 99.4 Å². The van der Waals surface area contributed by atoms with E-state index in [4.69, 9.17) is 9.47 Å². The van der Waals surface area contributed by atoms with Crippen LogP contribution in [0.5, 0.6) is 0 Å². The number of hydrogen-bond acceptors (Lipinski definition) is 6. The van der Waals surface area contributed by atoms with E-state index in [1.54, 1.807) is 13.8 Å². The molecule has 0 spiro atoms. The van der Waals surface area contributed by atoms with Crippen LogP contribution in [0.3, 0.4) is 0 Å². The molecule has 1 aliphatic heterocycles. The van der Waals surface area contributed by atoms with Crippen LogP contribution in [0, 0.1) is 5.41 Å². The first-order valence-corrected chi connectivity index (χ1v) is 5.19. The highest BCUT2D eigenvalue weighted by Gasteiger charge is 2.87. The molecular formula is C10H18O6. The van der Waals surface area contributed by atoms with E-state index in [1.807, 2.05) is 0 Å². The molecule has 6 heteroatoms. The zero-order valence-corrected chi connectivity index (χ0v) is 9.54. The zero-order valence-electron chi connectivity index (χ0n) is 9.54. The normalized spacial score (nSPS) is 55.3. The molecular weight excluding hydrogens is 216 g/mol. The standard InChI is InChI=1S/C10H18O6/c1-8(2)9(13)4-16-7(15-3)5(11)6(12)10(8,9)14/h5-7,11-14H,4H2,1-3H3/t5-,6-,7+,9+,10-/m1/s1. The zero-order chi connectivity index (χ0) is 12.4. The van der Waals surface area contributed by atoms with Gasteiger partial charge >= 0.3 is 0 Å². The quantitative estimate of drug-likeness (QED) is 0.428. The second-order valence-electron chi connectivity index (χ2n) is 5.10. The molecule has 94 valence electrons. The Morgan fingerprint density at radius 3 is 2.31 bits per heavy atom. The van der Waals surface area contributed by atoms with E-state index < -0.39 is 35.1 Å². The van der Waals surface area contributed by atoms with Crippen molar-refractivity contribution in [3.63, 3.8) is 0 Å². The van der Waals surface area contributed by atoms with Crippen molar-refractivity contribution in [2.75, 3.05) is 13.7 Å². The number of aliphatic hydroxyl groups is 4. The molecule has 0 bridgehead atoms. The van der Waals surface area contributed by atoms with Crippen LogP contribution in [0.4, 0.5) is 0 Å². The summed E-state index contributed by atoms with van der Waals surface area (Å²) in [5.74, 6) is 0. The average molecular weight is 234 g/mol. The molecule has 0 amide bonds. The smallest absolute Gasteiger partial charge is 0.185 e. The van der Waals surface area contributed by atoms with Crippen LogP contribution in [-0.4, -0.2) is 63.8 Å². The molecule has 1 saturated heterocycles. The SMILES string of the molecule is CO[C@H]1OC[C@]2(O)C(C)(C)[C@]2(O)[C@H](O)[C@H]1O. The van der Waals surface area contributed by atoms with Gasteiger partial charge in [0.25, 0.3) is 0 Å². The van der Waals surface area contributed by atoms with Gasteiger partial charge in [-0.1, -0.05) is 13.8 Å². The number of hydrogen-bond donors (Lipinski definition) is 4. The molecule has 2 aliphatic rings. The van der Waals surface area contributed by atoms with E-state index in [-0.39, 0.29) is 6.61 Å². The lowest BCUT2D eigenvalue weighted by Crippen LogP contribution is -2.48. The Morgan fingerprint density at radius 1 is 1.25 bits per heavy atom. The first kappa shape index (κ1) is 12.2. The van der Waals surface area contributed by atoms with Gasteiger partial charge in [-0.2, -0.15) is 0 Å². The number of aliphatic hydroxyl groups excluding tert-OH is 2. The molecule has 1 heterocycles. The Bertz CT molecular complexity index is 306. The molecule has 0 aromatic rings. The molecule has 16 heavy (non-hydrogen) atoms. The number of rotatable bonds is 1. The number of fused-ring (bicyclic) bond motifs is 1. The highest BCUT2D eigenvalue weighted by molar-refractivity contribution is 5.36. The minimum atomic E-state index is -1.77. The van der Waals surface area contributed by atoms with Crippen molar-refractivity contribution in [3.05, 3.63) is 0 Å². The summed E-state index contributed by atoms with van der Waals surface area (Å²) >= 11 is 0. The van der Waals surface area contributed by atoms with Crippen LogP contribution >= 0.6 is 0 Å². The van der Waals surface area contributed by atoms with Crippen molar-refractivity contribution in [2.45, 2.75) is 43.5 Å². The van der Waals surface area contributed by atoms with Gasteiger partial charge in [0.05, 0.1) is 6.61 Å². The Kier molecular flexibility index (Phi) is 2.41. The fourth-order valence-corrected chi connectivity index (χ4v) is 2.76. The van der Waals surface area contributed by atoms with Gasteiger partial charge in [-0.3, -0.25) is 0 Å². The molecule has 1 aliphatic carbocycles. The molecule has 4 N–H and O–H groups in total. The van der Waals surface area contributed by atoms with Crippen molar-refractivity contribution in [2.24, 2.45) is 5.41 Å². The lowest BCUT2D eigenvalue weighted by molar-refractivity contribution is -0.211. The lowest BCUT2D eigenvalue weighted by atomic mass is 9.98. The molecule has 6 nitrogen and oxygen atoms in total. The molecule has 1 saturated carbocycles. The minimum absolute atomic E-state index is 0.191. The predicted octanol–water partition coefficient (Wildman–Crippen LogP) is -1.79. The Balaban J connectivity index is 2.34. The second-order valence-corrected chi connectivity index (χ2v) is 5.10. The van der Waals surface area contributed by atoms with Gasteiger partial charge in [0.1, 0.15) is 23.4 Å².